The molecule has 0 aliphatic carbocycles. The standard InChI is InChI=1S/C22H24N2O5/c1-15(29-22(27)10-9-21(25)26)11-14-28-18-5-3-17(4-6-18)20-8-7-19-16(2)23-12-13-24(19)20/h3-10,15H,11-14H2,1-2H3,(H,25,26). The topological polar surface area (TPSA) is 90.1 Å². The lowest BCUT2D eigenvalue weighted by Gasteiger charge is -2.17. The first-order chi connectivity index (χ1) is 13.9. The van der Waals surface area contributed by atoms with Gasteiger partial charge in [0, 0.05) is 30.8 Å². The molecule has 1 unspecified atom stereocenters. The molecule has 0 amide bonds. The molecule has 0 saturated heterocycles. The summed E-state index contributed by atoms with van der Waals surface area (Å²) in [6.45, 7) is 5.83. The van der Waals surface area contributed by atoms with Gasteiger partial charge in [-0.25, -0.2) is 9.59 Å². The van der Waals surface area contributed by atoms with Gasteiger partial charge in [-0.2, -0.15) is 0 Å². The van der Waals surface area contributed by atoms with Crippen LogP contribution in [-0.4, -0.2) is 46.6 Å². The second-order valence-electron chi connectivity index (χ2n) is 6.80. The maximum atomic E-state index is 11.4. The van der Waals surface area contributed by atoms with Crippen LogP contribution in [0, 0.1) is 0 Å². The lowest BCUT2D eigenvalue weighted by Crippen LogP contribution is -2.16. The third-order valence-electron chi connectivity index (χ3n) is 4.65. The Morgan fingerprint density at radius 1 is 1.17 bits per heavy atom. The molecule has 7 heteroatoms. The van der Waals surface area contributed by atoms with Gasteiger partial charge >= 0.3 is 11.9 Å². The maximum absolute atomic E-state index is 11.4. The zero-order valence-electron chi connectivity index (χ0n) is 16.5. The van der Waals surface area contributed by atoms with Gasteiger partial charge < -0.3 is 19.1 Å². The van der Waals surface area contributed by atoms with E-state index < -0.39 is 11.9 Å². The zero-order valence-corrected chi connectivity index (χ0v) is 16.5. The van der Waals surface area contributed by atoms with Crippen molar-refractivity contribution < 1.29 is 24.2 Å². The lowest BCUT2D eigenvalue weighted by atomic mass is 10.1. The fourth-order valence-corrected chi connectivity index (χ4v) is 3.18. The highest BCUT2D eigenvalue weighted by Crippen LogP contribution is 2.26. The Morgan fingerprint density at radius 3 is 2.62 bits per heavy atom. The van der Waals surface area contributed by atoms with Crippen molar-refractivity contribution in [3.63, 3.8) is 0 Å². The monoisotopic (exact) mass is 396 g/mol. The van der Waals surface area contributed by atoms with Crippen molar-refractivity contribution in [3.05, 3.63) is 54.2 Å². The molecule has 152 valence electrons. The van der Waals surface area contributed by atoms with Crippen LogP contribution in [0.1, 0.15) is 26.0 Å². The van der Waals surface area contributed by atoms with Crippen LogP contribution >= 0.6 is 0 Å². The summed E-state index contributed by atoms with van der Waals surface area (Å²) in [6.07, 6.45) is 1.77. The van der Waals surface area contributed by atoms with Gasteiger partial charge in [-0.3, -0.25) is 4.99 Å². The summed E-state index contributed by atoms with van der Waals surface area (Å²) in [5, 5.41) is 8.49. The van der Waals surface area contributed by atoms with Gasteiger partial charge in [0.15, 0.2) is 0 Å². The van der Waals surface area contributed by atoms with E-state index in [9.17, 15) is 9.59 Å². The third kappa shape index (κ3) is 5.34. The number of ether oxygens (including phenoxy) is 2. The van der Waals surface area contributed by atoms with Crippen molar-refractivity contribution in [1.29, 1.82) is 0 Å². The van der Waals surface area contributed by atoms with Crippen molar-refractivity contribution in [1.82, 2.24) is 4.57 Å². The maximum Gasteiger partial charge on any atom is 0.331 e. The zero-order chi connectivity index (χ0) is 20.8. The average molecular weight is 396 g/mol. The Hall–Kier alpha value is -3.35. The minimum atomic E-state index is -1.19. The number of nitrogens with zero attached hydrogens (tertiary/aromatic N) is 2. The Kier molecular flexibility index (Phi) is 6.49. The molecular formula is C22H24N2O5. The Morgan fingerprint density at radius 2 is 1.90 bits per heavy atom. The molecule has 0 fully saturated rings. The number of fused-ring (bicyclic) bond motifs is 1. The molecule has 0 radical (unpaired) electrons. The van der Waals surface area contributed by atoms with Gasteiger partial charge in [-0.1, -0.05) is 0 Å². The minimum Gasteiger partial charge on any atom is -0.493 e. The van der Waals surface area contributed by atoms with E-state index in [2.05, 4.69) is 21.7 Å². The van der Waals surface area contributed by atoms with E-state index in [4.69, 9.17) is 14.6 Å². The largest absolute Gasteiger partial charge is 0.493 e. The molecule has 1 atom stereocenters. The van der Waals surface area contributed by atoms with Gasteiger partial charge in [0.2, 0.25) is 0 Å². The van der Waals surface area contributed by atoms with Crippen LogP contribution in [0.5, 0.6) is 5.75 Å². The van der Waals surface area contributed by atoms with E-state index >= 15 is 0 Å². The summed E-state index contributed by atoms with van der Waals surface area (Å²) in [5.74, 6) is -1.13. The predicted molar refractivity (Wildman–Crippen MR) is 109 cm³/mol. The summed E-state index contributed by atoms with van der Waals surface area (Å²) in [7, 11) is 0. The smallest absolute Gasteiger partial charge is 0.331 e. The van der Waals surface area contributed by atoms with E-state index in [1.54, 1.807) is 6.92 Å². The molecule has 7 nitrogen and oxygen atoms in total. The van der Waals surface area contributed by atoms with E-state index in [-0.39, 0.29) is 6.10 Å². The van der Waals surface area contributed by atoms with Gasteiger partial charge in [0.05, 0.1) is 24.6 Å². The fourth-order valence-electron chi connectivity index (χ4n) is 3.18. The normalized spacial score (nSPS) is 14.2. The molecule has 2 aromatic rings. The van der Waals surface area contributed by atoms with Crippen molar-refractivity contribution in [2.75, 3.05) is 13.2 Å². The molecule has 0 saturated carbocycles. The Labute approximate surface area is 169 Å². The predicted octanol–water partition coefficient (Wildman–Crippen LogP) is 3.32. The lowest BCUT2D eigenvalue weighted by molar-refractivity contribution is -0.143. The molecule has 0 bridgehead atoms. The Bertz CT molecular complexity index is 941. The number of hydrogen-bond donors (Lipinski definition) is 1. The van der Waals surface area contributed by atoms with E-state index in [1.807, 2.05) is 31.2 Å². The number of benzene rings is 1. The average Bonchev–Trinajstić information content (AvgIpc) is 3.12. The number of aliphatic carboxylic acids is 1. The number of esters is 1. The number of carboxylic acids is 1. The van der Waals surface area contributed by atoms with Crippen LogP contribution in [0.25, 0.3) is 11.3 Å². The van der Waals surface area contributed by atoms with E-state index in [0.717, 1.165) is 53.7 Å². The molecule has 1 aromatic carbocycles. The van der Waals surface area contributed by atoms with Crippen molar-refractivity contribution in [3.8, 4) is 17.0 Å². The molecule has 3 rings (SSSR count). The van der Waals surface area contributed by atoms with E-state index in [1.165, 1.54) is 0 Å². The second kappa shape index (κ2) is 9.23. The molecule has 1 aliphatic heterocycles. The molecule has 1 N–H and O–H groups in total. The number of rotatable bonds is 8. The number of aromatic nitrogens is 1. The number of aliphatic imine (C=N–C) groups is 1. The molecule has 1 aliphatic rings. The van der Waals surface area contributed by atoms with Crippen molar-refractivity contribution >= 4 is 17.7 Å². The van der Waals surface area contributed by atoms with Crippen LogP contribution in [0.3, 0.4) is 0 Å². The number of carbonyl (C=O) groups is 2. The second-order valence-corrected chi connectivity index (χ2v) is 6.80. The number of carbonyl (C=O) groups excluding carboxylic acids is 1. The molecule has 29 heavy (non-hydrogen) atoms. The van der Waals surface area contributed by atoms with Crippen LogP contribution in [0.2, 0.25) is 0 Å². The molecular weight excluding hydrogens is 372 g/mol. The number of hydrogen-bond acceptors (Lipinski definition) is 5. The SMILES string of the molecule is CC1=NCCn2c1ccc2-c1ccc(OCCC(C)OC(=O)C=CC(=O)O)cc1. The van der Waals surface area contributed by atoms with Crippen molar-refractivity contribution in [2.24, 2.45) is 4.99 Å². The minimum absolute atomic E-state index is 0.377. The molecule has 0 spiro atoms. The van der Waals surface area contributed by atoms with Gasteiger partial charge in [0.25, 0.3) is 0 Å². The summed E-state index contributed by atoms with van der Waals surface area (Å²) in [5.41, 5.74) is 4.51. The molecule has 1 aromatic heterocycles. The van der Waals surface area contributed by atoms with Crippen LogP contribution in [-0.2, 0) is 20.9 Å². The number of carboxylic acid groups (broad SMARTS) is 1. The van der Waals surface area contributed by atoms with Gasteiger partial charge in [-0.05, 0) is 55.8 Å². The van der Waals surface area contributed by atoms with Gasteiger partial charge in [0.1, 0.15) is 11.9 Å². The quantitative estimate of drug-likeness (QED) is 0.546. The summed E-state index contributed by atoms with van der Waals surface area (Å²) in [6, 6.07) is 12.1. The highest BCUT2D eigenvalue weighted by molar-refractivity contribution is 5.98. The summed E-state index contributed by atoms with van der Waals surface area (Å²) in [4.78, 5) is 26.3. The highest BCUT2D eigenvalue weighted by Gasteiger charge is 2.15. The van der Waals surface area contributed by atoms with Gasteiger partial charge in [-0.15, -0.1) is 0 Å². The molecule has 2 heterocycles. The summed E-state index contributed by atoms with van der Waals surface area (Å²) >= 11 is 0. The van der Waals surface area contributed by atoms with Crippen LogP contribution in [0.4, 0.5) is 0 Å². The van der Waals surface area contributed by atoms with Crippen LogP contribution < -0.4 is 4.74 Å². The van der Waals surface area contributed by atoms with Crippen molar-refractivity contribution in [2.45, 2.75) is 32.9 Å². The highest BCUT2D eigenvalue weighted by atomic mass is 16.5. The first-order valence-corrected chi connectivity index (χ1v) is 9.50. The third-order valence-corrected chi connectivity index (χ3v) is 4.65. The fraction of sp³-hybridized carbons (Fsp3) is 0.318. The van der Waals surface area contributed by atoms with Crippen LogP contribution in [0.15, 0.2) is 53.5 Å². The first-order valence-electron chi connectivity index (χ1n) is 9.50. The first kappa shape index (κ1) is 20.4. The Balaban J connectivity index is 1.51. The van der Waals surface area contributed by atoms with E-state index in [0.29, 0.717) is 13.0 Å². The summed E-state index contributed by atoms with van der Waals surface area (Å²) < 4.78 is 13.1.